The number of pyridine rings is 1. The number of β-amino-alcohol motifs (C(OH)–C–C–N with tert-alkyl or cyclic N) is 1. The van der Waals surface area contributed by atoms with Gasteiger partial charge in [0.25, 0.3) is 5.91 Å². The molecule has 1 N–H and O–H groups in total. The number of piperidine rings is 1. The summed E-state index contributed by atoms with van der Waals surface area (Å²) in [5.41, 5.74) is -0.492. The fourth-order valence-corrected chi connectivity index (χ4v) is 3.13. The van der Waals surface area contributed by atoms with E-state index < -0.39 is 5.60 Å². The zero-order chi connectivity index (χ0) is 17.0. The number of carbonyl (C=O) groups excluding carboxylic acids is 1. The highest BCUT2D eigenvalue weighted by molar-refractivity contribution is 5.93. The highest BCUT2D eigenvalue weighted by Crippen LogP contribution is 2.25. The van der Waals surface area contributed by atoms with Crippen LogP contribution in [0.1, 0.15) is 23.2 Å². The van der Waals surface area contributed by atoms with E-state index in [1.807, 2.05) is 18.2 Å². The lowest BCUT2D eigenvalue weighted by atomic mass is 9.92. The quantitative estimate of drug-likeness (QED) is 0.901. The van der Waals surface area contributed by atoms with Crippen LogP contribution in [0.5, 0.6) is 0 Å². The number of aliphatic hydroxyl groups is 1. The van der Waals surface area contributed by atoms with Crippen LogP contribution in [-0.2, 0) is 0 Å². The van der Waals surface area contributed by atoms with Gasteiger partial charge in [-0.1, -0.05) is 6.07 Å². The number of hydrogen-bond acceptors (Lipinski definition) is 6. The van der Waals surface area contributed by atoms with Crippen LogP contribution in [0, 0.1) is 0 Å². The van der Waals surface area contributed by atoms with E-state index in [9.17, 15) is 9.90 Å². The van der Waals surface area contributed by atoms with Gasteiger partial charge >= 0.3 is 0 Å². The van der Waals surface area contributed by atoms with Gasteiger partial charge < -0.3 is 14.9 Å². The van der Waals surface area contributed by atoms with Crippen LogP contribution in [0.15, 0.2) is 42.9 Å². The smallest absolute Gasteiger partial charge is 0.255 e. The Bertz CT molecular complexity index is 682. The second kappa shape index (κ2) is 6.92. The molecule has 1 amide bonds. The molecule has 1 aliphatic rings. The Morgan fingerprint density at radius 3 is 2.92 bits per heavy atom. The number of aromatic nitrogens is 3. The average Bonchev–Trinajstić information content (AvgIpc) is 2.62. The van der Waals surface area contributed by atoms with Gasteiger partial charge in [0.1, 0.15) is 5.82 Å². The summed E-state index contributed by atoms with van der Waals surface area (Å²) in [6.07, 6.45) is 6.17. The van der Waals surface area contributed by atoms with Crippen LogP contribution < -0.4 is 4.90 Å². The largest absolute Gasteiger partial charge is 0.386 e. The number of carbonyl (C=O) groups is 1. The molecule has 0 unspecified atom stereocenters. The molecule has 3 heterocycles. The van der Waals surface area contributed by atoms with Gasteiger partial charge in [-0.05, 0) is 31.0 Å². The molecule has 2 aromatic rings. The van der Waals surface area contributed by atoms with E-state index in [1.54, 1.807) is 24.2 Å². The van der Waals surface area contributed by atoms with Gasteiger partial charge in [0.15, 0.2) is 0 Å². The summed E-state index contributed by atoms with van der Waals surface area (Å²) in [5.74, 6) is 0.677. The number of nitrogens with zero attached hydrogens (tertiary/aromatic N) is 5. The molecule has 1 aliphatic heterocycles. The Balaban J connectivity index is 1.68. The van der Waals surface area contributed by atoms with E-state index in [0.717, 1.165) is 18.8 Å². The number of likely N-dealkylation sites (N-methyl/N-ethyl adjacent to an activating group) is 1. The molecule has 7 nitrogen and oxygen atoms in total. The van der Waals surface area contributed by atoms with Gasteiger partial charge in [-0.15, -0.1) is 0 Å². The topological polar surface area (TPSA) is 82.5 Å². The summed E-state index contributed by atoms with van der Waals surface area (Å²) < 4.78 is 0. The number of rotatable bonds is 4. The van der Waals surface area contributed by atoms with Crippen molar-refractivity contribution < 1.29 is 9.90 Å². The van der Waals surface area contributed by atoms with Crippen LogP contribution in [0.25, 0.3) is 0 Å². The SMILES string of the molecule is CN(C[C@]1(O)CCCN(c2ccccn2)C1)C(=O)c1ccnnc1. The lowest BCUT2D eigenvalue weighted by Crippen LogP contribution is -2.54. The van der Waals surface area contributed by atoms with E-state index in [2.05, 4.69) is 20.1 Å². The molecule has 1 saturated heterocycles. The standard InChI is InChI=1S/C17H21N5O2/c1-21(16(23)14-6-9-19-20-11-14)12-17(24)7-4-10-22(13-17)15-5-2-3-8-18-15/h2-3,5-6,8-9,11,24H,4,7,10,12-13H2,1H3/t17-/m1/s1. The number of amides is 1. The molecule has 3 rings (SSSR count). The normalized spacial score (nSPS) is 20.7. The van der Waals surface area contributed by atoms with Crippen molar-refractivity contribution >= 4 is 11.7 Å². The molecule has 0 aromatic carbocycles. The first-order valence-electron chi connectivity index (χ1n) is 7.98. The third kappa shape index (κ3) is 3.68. The van der Waals surface area contributed by atoms with Gasteiger partial charge in [0.2, 0.25) is 0 Å². The van der Waals surface area contributed by atoms with Crippen molar-refractivity contribution in [2.75, 3.05) is 31.6 Å². The van der Waals surface area contributed by atoms with Crippen molar-refractivity contribution in [3.05, 3.63) is 48.4 Å². The molecule has 24 heavy (non-hydrogen) atoms. The van der Waals surface area contributed by atoms with Crippen molar-refractivity contribution in [2.24, 2.45) is 0 Å². The van der Waals surface area contributed by atoms with Gasteiger partial charge in [0.05, 0.1) is 30.1 Å². The highest BCUT2D eigenvalue weighted by atomic mass is 16.3. The Labute approximate surface area is 141 Å². The Morgan fingerprint density at radius 1 is 1.33 bits per heavy atom. The maximum atomic E-state index is 12.4. The first-order valence-corrected chi connectivity index (χ1v) is 7.98. The molecule has 2 aromatic heterocycles. The molecule has 7 heteroatoms. The van der Waals surface area contributed by atoms with Gasteiger partial charge in [-0.25, -0.2) is 4.98 Å². The summed E-state index contributed by atoms with van der Waals surface area (Å²) in [5, 5.41) is 18.4. The first kappa shape index (κ1) is 16.3. The third-order valence-corrected chi connectivity index (χ3v) is 4.24. The molecule has 126 valence electrons. The summed E-state index contributed by atoms with van der Waals surface area (Å²) in [4.78, 5) is 20.4. The minimum Gasteiger partial charge on any atom is -0.386 e. The fraction of sp³-hybridized carbons (Fsp3) is 0.412. The second-order valence-electron chi connectivity index (χ2n) is 6.23. The predicted octanol–water partition coefficient (Wildman–Crippen LogP) is 0.975. The molecule has 0 radical (unpaired) electrons. The van der Waals surface area contributed by atoms with Crippen LogP contribution in [0.3, 0.4) is 0 Å². The van der Waals surface area contributed by atoms with Gasteiger partial charge in [-0.2, -0.15) is 10.2 Å². The molecule has 0 bridgehead atoms. The van der Waals surface area contributed by atoms with Gasteiger partial charge in [-0.3, -0.25) is 4.79 Å². The van der Waals surface area contributed by atoms with Crippen LogP contribution >= 0.6 is 0 Å². The molecule has 0 aliphatic carbocycles. The summed E-state index contributed by atoms with van der Waals surface area (Å²) in [6, 6.07) is 7.36. The van der Waals surface area contributed by atoms with Gasteiger partial charge in [0, 0.05) is 26.3 Å². The van der Waals surface area contributed by atoms with E-state index >= 15 is 0 Å². The molecular weight excluding hydrogens is 306 g/mol. The minimum atomic E-state index is -0.958. The molecular formula is C17H21N5O2. The summed E-state index contributed by atoms with van der Waals surface area (Å²) >= 11 is 0. The van der Waals surface area contributed by atoms with E-state index in [0.29, 0.717) is 18.5 Å². The lowest BCUT2D eigenvalue weighted by molar-refractivity contribution is -0.000148. The Morgan fingerprint density at radius 2 is 2.21 bits per heavy atom. The lowest BCUT2D eigenvalue weighted by Gasteiger charge is -2.41. The van der Waals surface area contributed by atoms with E-state index in [-0.39, 0.29) is 12.5 Å². The molecule has 0 spiro atoms. The van der Waals surface area contributed by atoms with Crippen LogP contribution in [-0.4, -0.2) is 63.4 Å². The highest BCUT2D eigenvalue weighted by Gasteiger charge is 2.36. The fourth-order valence-electron chi connectivity index (χ4n) is 3.13. The van der Waals surface area contributed by atoms with Crippen molar-refractivity contribution in [3.8, 4) is 0 Å². The molecule has 1 atom stereocenters. The molecule has 1 fully saturated rings. The first-order chi connectivity index (χ1) is 11.6. The van der Waals surface area contributed by atoms with E-state index in [4.69, 9.17) is 0 Å². The zero-order valence-corrected chi connectivity index (χ0v) is 13.7. The minimum absolute atomic E-state index is 0.173. The third-order valence-electron chi connectivity index (χ3n) is 4.24. The summed E-state index contributed by atoms with van der Waals surface area (Å²) in [6.45, 7) is 1.57. The Kier molecular flexibility index (Phi) is 4.71. The van der Waals surface area contributed by atoms with Crippen molar-refractivity contribution in [1.29, 1.82) is 0 Å². The summed E-state index contributed by atoms with van der Waals surface area (Å²) in [7, 11) is 1.69. The monoisotopic (exact) mass is 327 g/mol. The van der Waals surface area contributed by atoms with Crippen molar-refractivity contribution in [3.63, 3.8) is 0 Å². The van der Waals surface area contributed by atoms with Crippen molar-refractivity contribution in [1.82, 2.24) is 20.1 Å². The number of anilines is 1. The van der Waals surface area contributed by atoms with Crippen molar-refractivity contribution in [2.45, 2.75) is 18.4 Å². The molecule has 0 saturated carbocycles. The van der Waals surface area contributed by atoms with Crippen LogP contribution in [0.4, 0.5) is 5.82 Å². The predicted molar refractivity (Wildman–Crippen MR) is 89.6 cm³/mol. The number of hydrogen-bond donors (Lipinski definition) is 1. The average molecular weight is 327 g/mol. The van der Waals surface area contributed by atoms with E-state index in [1.165, 1.54) is 12.4 Å². The maximum absolute atomic E-state index is 12.4. The Hall–Kier alpha value is -2.54. The zero-order valence-electron chi connectivity index (χ0n) is 13.7. The second-order valence-corrected chi connectivity index (χ2v) is 6.23. The van der Waals surface area contributed by atoms with Crippen LogP contribution in [0.2, 0.25) is 0 Å². The maximum Gasteiger partial charge on any atom is 0.255 e.